The highest BCUT2D eigenvalue weighted by Gasteiger charge is 2.16. The quantitative estimate of drug-likeness (QED) is 0.766. The molecule has 0 radical (unpaired) electrons. The van der Waals surface area contributed by atoms with E-state index in [0.29, 0.717) is 28.8 Å². The molecule has 0 unspecified atom stereocenters. The van der Waals surface area contributed by atoms with Gasteiger partial charge in [-0.3, -0.25) is 4.79 Å². The van der Waals surface area contributed by atoms with Gasteiger partial charge in [-0.1, -0.05) is 41.9 Å². The maximum atomic E-state index is 12.2. The Hall–Kier alpha value is -2.86. The van der Waals surface area contributed by atoms with Crippen molar-refractivity contribution in [1.82, 2.24) is 10.2 Å². The Morgan fingerprint density at radius 3 is 2.71 bits per heavy atom. The van der Waals surface area contributed by atoms with Crippen LogP contribution in [0.4, 0.5) is 5.69 Å². The van der Waals surface area contributed by atoms with E-state index in [-0.39, 0.29) is 5.89 Å². The molecule has 0 aliphatic heterocycles. The highest BCUT2D eigenvalue weighted by molar-refractivity contribution is 6.32. The maximum absolute atomic E-state index is 12.2. The molecule has 0 aliphatic carbocycles. The van der Waals surface area contributed by atoms with Crippen LogP contribution in [-0.4, -0.2) is 23.2 Å². The highest BCUT2D eigenvalue weighted by Crippen LogP contribution is 2.27. The minimum Gasteiger partial charge on any atom is -0.495 e. The van der Waals surface area contributed by atoms with Gasteiger partial charge < -0.3 is 14.5 Å². The van der Waals surface area contributed by atoms with E-state index >= 15 is 0 Å². The Kier molecular flexibility index (Phi) is 4.77. The highest BCUT2D eigenvalue weighted by atomic mass is 35.5. The third kappa shape index (κ3) is 3.72. The Morgan fingerprint density at radius 2 is 2.00 bits per heavy atom. The third-order valence-corrected chi connectivity index (χ3v) is 3.56. The van der Waals surface area contributed by atoms with Crippen LogP contribution in [0.2, 0.25) is 5.02 Å². The Morgan fingerprint density at radius 1 is 1.21 bits per heavy atom. The molecule has 0 spiro atoms. The standard InChI is InChI=1S/C17H14ClN3O3/c1-23-14-8-7-12(10-13(14)18)19-16(22)17-21-20-15(24-17)9-11-5-3-2-4-6-11/h2-8,10H,9H2,1H3,(H,19,22). The number of ether oxygens (including phenoxy) is 1. The number of methoxy groups -OCH3 is 1. The Labute approximate surface area is 143 Å². The van der Waals surface area contributed by atoms with Crippen molar-refractivity contribution >= 4 is 23.2 Å². The molecule has 3 rings (SSSR count). The van der Waals surface area contributed by atoms with Gasteiger partial charge in [0.2, 0.25) is 5.89 Å². The van der Waals surface area contributed by atoms with Crippen molar-refractivity contribution in [2.24, 2.45) is 0 Å². The van der Waals surface area contributed by atoms with E-state index in [1.807, 2.05) is 30.3 Å². The lowest BCUT2D eigenvalue weighted by molar-refractivity contribution is 0.0988. The largest absolute Gasteiger partial charge is 0.495 e. The van der Waals surface area contributed by atoms with Gasteiger partial charge in [0, 0.05) is 5.69 Å². The number of halogens is 1. The number of anilines is 1. The van der Waals surface area contributed by atoms with Crippen molar-refractivity contribution in [3.05, 3.63) is 70.9 Å². The molecule has 1 amide bonds. The van der Waals surface area contributed by atoms with Crippen molar-refractivity contribution in [2.45, 2.75) is 6.42 Å². The average molecular weight is 344 g/mol. The lowest BCUT2D eigenvalue weighted by Gasteiger charge is -2.06. The molecule has 0 aliphatic rings. The van der Waals surface area contributed by atoms with Crippen molar-refractivity contribution < 1.29 is 13.9 Å². The SMILES string of the molecule is COc1ccc(NC(=O)c2nnc(Cc3ccccc3)o2)cc1Cl. The zero-order valence-corrected chi connectivity index (χ0v) is 13.6. The molecule has 0 bridgehead atoms. The van der Waals surface area contributed by atoms with Crippen LogP contribution >= 0.6 is 11.6 Å². The summed E-state index contributed by atoms with van der Waals surface area (Å²) in [4.78, 5) is 12.2. The smallest absolute Gasteiger partial charge is 0.313 e. The van der Waals surface area contributed by atoms with E-state index in [1.165, 1.54) is 7.11 Å². The fourth-order valence-corrected chi connectivity index (χ4v) is 2.37. The number of hydrogen-bond acceptors (Lipinski definition) is 5. The summed E-state index contributed by atoms with van der Waals surface area (Å²) in [6.45, 7) is 0. The van der Waals surface area contributed by atoms with Crippen molar-refractivity contribution in [1.29, 1.82) is 0 Å². The number of carbonyl (C=O) groups is 1. The predicted molar refractivity (Wildman–Crippen MR) is 89.5 cm³/mol. The summed E-state index contributed by atoms with van der Waals surface area (Å²) >= 11 is 6.03. The molecule has 0 saturated heterocycles. The van der Waals surface area contributed by atoms with Gasteiger partial charge in [-0.05, 0) is 23.8 Å². The van der Waals surface area contributed by atoms with Crippen molar-refractivity contribution in [3.8, 4) is 5.75 Å². The Balaban J connectivity index is 1.68. The van der Waals surface area contributed by atoms with Crippen LogP contribution in [0.5, 0.6) is 5.75 Å². The normalized spacial score (nSPS) is 10.4. The summed E-state index contributed by atoms with van der Waals surface area (Å²) < 4.78 is 10.5. The first kappa shape index (κ1) is 16.0. The molecule has 122 valence electrons. The van der Waals surface area contributed by atoms with Crippen LogP contribution in [0.15, 0.2) is 52.9 Å². The molecular formula is C17H14ClN3O3. The van der Waals surface area contributed by atoms with E-state index in [0.717, 1.165) is 5.56 Å². The van der Waals surface area contributed by atoms with E-state index in [4.69, 9.17) is 20.8 Å². The molecule has 2 aromatic carbocycles. The molecule has 7 heteroatoms. The van der Waals surface area contributed by atoms with Crippen molar-refractivity contribution in [3.63, 3.8) is 0 Å². The first-order valence-corrected chi connectivity index (χ1v) is 7.54. The van der Waals surface area contributed by atoms with Gasteiger partial charge >= 0.3 is 11.8 Å². The van der Waals surface area contributed by atoms with Gasteiger partial charge in [-0.2, -0.15) is 0 Å². The van der Waals surface area contributed by atoms with Gasteiger partial charge in [-0.15, -0.1) is 10.2 Å². The minimum atomic E-state index is -0.497. The molecule has 1 N–H and O–H groups in total. The van der Waals surface area contributed by atoms with Crippen LogP contribution < -0.4 is 10.1 Å². The number of rotatable bonds is 5. The van der Waals surface area contributed by atoms with Gasteiger partial charge in [0.1, 0.15) is 5.75 Å². The van der Waals surface area contributed by atoms with Gasteiger partial charge in [0.15, 0.2) is 0 Å². The number of carbonyl (C=O) groups excluding carboxylic acids is 1. The number of benzene rings is 2. The number of aromatic nitrogens is 2. The number of nitrogens with one attached hydrogen (secondary N) is 1. The molecule has 0 fully saturated rings. The molecule has 24 heavy (non-hydrogen) atoms. The minimum absolute atomic E-state index is 0.104. The number of hydrogen-bond donors (Lipinski definition) is 1. The fraction of sp³-hybridized carbons (Fsp3) is 0.118. The monoisotopic (exact) mass is 343 g/mol. The van der Waals surface area contributed by atoms with E-state index in [2.05, 4.69) is 15.5 Å². The zero-order valence-electron chi connectivity index (χ0n) is 12.8. The van der Waals surface area contributed by atoms with Gasteiger partial charge in [-0.25, -0.2) is 0 Å². The third-order valence-electron chi connectivity index (χ3n) is 3.27. The van der Waals surface area contributed by atoms with Gasteiger partial charge in [0.25, 0.3) is 0 Å². The van der Waals surface area contributed by atoms with Crippen LogP contribution in [0.1, 0.15) is 22.1 Å². The first-order chi connectivity index (χ1) is 11.7. The summed E-state index contributed by atoms with van der Waals surface area (Å²) in [7, 11) is 1.52. The fourth-order valence-electron chi connectivity index (χ4n) is 2.12. The van der Waals surface area contributed by atoms with E-state index in [9.17, 15) is 4.79 Å². The molecule has 1 heterocycles. The molecular weight excluding hydrogens is 330 g/mol. The van der Waals surface area contributed by atoms with Crippen LogP contribution in [0.25, 0.3) is 0 Å². The first-order valence-electron chi connectivity index (χ1n) is 7.17. The van der Waals surface area contributed by atoms with Crippen LogP contribution in [0.3, 0.4) is 0 Å². The molecule has 0 saturated carbocycles. The summed E-state index contributed by atoms with van der Waals surface area (Å²) in [5, 5.41) is 10.7. The second kappa shape index (κ2) is 7.14. The Bertz CT molecular complexity index is 849. The van der Waals surface area contributed by atoms with Crippen LogP contribution in [-0.2, 0) is 6.42 Å². The molecule has 3 aromatic rings. The summed E-state index contributed by atoms with van der Waals surface area (Å²) in [5.41, 5.74) is 1.53. The van der Waals surface area contributed by atoms with E-state index in [1.54, 1.807) is 18.2 Å². The number of amides is 1. The summed E-state index contributed by atoms with van der Waals surface area (Å²) in [5.74, 6) is 0.299. The van der Waals surface area contributed by atoms with E-state index < -0.39 is 5.91 Å². The second-order valence-electron chi connectivity index (χ2n) is 4.97. The molecule has 0 atom stereocenters. The van der Waals surface area contributed by atoms with Crippen molar-refractivity contribution in [2.75, 3.05) is 12.4 Å². The van der Waals surface area contributed by atoms with Gasteiger partial charge in [0.05, 0.1) is 18.6 Å². The topological polar surface area (TPSA) is 77.2 Å². The lowest BCUT2D eigenvalue weighted by Crippen LogP contribution is -2.12. The zero-order chi connectivity index (χ0) is 16.9. The molecule has 1 aromatic heterocycles. The molecule has 6 nitrogen and oxygen atoms in total. The number of nitrogens with zero attached hydrogens (tertiary/aromatic N) is 2. The lowest BCUT2D eigenvalue weighted by atomic mass is 10.2. The maximum Gasteiger partial charge on any atom is 0.313 e. The average Bonchev–Trinajstić information content (AvgIpc) is 3.04. The summed E-state index contributed by atoms with van der Waals surface area (Å²) in [6.07, 6.45) is 0.468. The summed E-state index contributed by atoms with van der Waals surface area (Å²) in [6, 6.07) is 14.6. The predicted octanol–water partition coefficient (Wildman–Crippen LogP) is 3.57. The van der Waals surface area contributed by atoms with Crippen LogP contribution in [0, 0.1) is 0 Å². The second-order valence-corrected chi connectivity index (χ2v) is 5.37.